The first-order valence-corrected chi connectivity index (χ1v) is 7.92. The minimum absolute atomic E-state index is 0.0252. The standard InChI is InChI=1S/C16H25NO2/c1-10-15(2)7-6-11-9-13(16(10,11)15)19-14(18)12-5-4-8-17(12)3/h10-13H,4-9H2,1-3H3. The van der Waals surface area contributed by atoms with Gasteiger partial charge in [0, 0.05) is 5.41 Å². The molecule has 3 heteroatoms. The van der Waals surface area contributed by atoms with Crippen LogP contribution in [0.1, 0.15) is 46.0 Å². The molecule has 0 aromatic heterocycles. The van der Waals surface area contributed by atoms with Crippen molar-refractivity contribution in [2.24, 2.45) is 22.7 Å². The van der Waals surface area contributed by atoms with Crippen molar-refractivity contribution in [3.8, 4) is 0 Å². The summed E-state index contributed by atoms with van der Waals surface area (Å²) in [6.07, 6.45) is 6.16. The number of esters is 1. The lowest BCUT2D eigenvalue weighted by atomic mass is 9.66. The average Bonchev–Trinajstić information content (AvgIpc) is 2.66. The number of likely N-dealkylation sites (tertiary alicyclic amines) is 1. The van der Waals surface area contributed by atoms with Crippen LogP contribution in [0, 0.1) is 22.7 Å². The second-order valence-corrected chi connectivity index (χ2v) is 7.61. The van der Waals surface area contributed by atoms with Crippen LogP contribution in [0.2, 0.25) is 0 Å². The minimum atomic E-state index is 0.0252. The second-order valence-electron chi connectivity index (χ2n) is 7.61. The van der Waals surface area contributed by atoms with Gasteiger partial charge in [-0.2, -0.15) is 0 Å². The number of likely N-dealkylation sites (N-methyl/N-ethyl adjacent to an activating group) is 1. The van der Waals surface area contributed by atoms with E-state index < -0.39 is 0 Å². The van der Waals surface area contributed by atoms with Gasteiger partial charge in [-0.15, -0.1) is 0 Å². The Bertz CT molecular complexity index is 432. The predicted octanol–water partition coefficient (Wildman–Crippen LogP) is 2.45. The smallest absolute Gasteiger partial charge is 0.323 e. The van der Waals surface area contributed by atoms with Crippen LogP contribution in [-0.4, -0.2) is 36.6 Å². The van der Waals surface area contributed by atoms with E-state index in [0.29, 0.717) is 10.8 Å². The van der Waals surface area contributed by atoms with E-state index in [9.17, 15) is 4.79 Å². The van der Waals surface area contributed by atoms with E-state index in [0.717, 1.165) is 37.6 Å². The molecule has 4 aliphatic rings. The lowest BCUT2D eigenvalue weighted by Gasteiger charge is -2.45. The van der Waals surface area contributed by atoms with E-state index in [2.05, 4.69) is 18.7 Å². The first kappa shape index (κ1) is 12.2. The Labute approximate surface area is 115 Å². The molecule has 6 atom stereocenters. The van der Waals surface area contributed by atoms with Gasteiger partial charge in [-0.1, -0.05) is 13.8 Å². The highest BCUT2D eigenvalue weighted by molar-refractivity contribution is 5.76. The Morgan fingerprint density at radius 3 is 2.74 bits per heavy atom. The van der Waals surface area contributed by atoms with Gasteiger partial charge in [-0.3, -0.25) is 9.69 Å². The Balaban J connectivity index is 1.47. The number of ether oxygens (including phenoxy) is 1. The summed E-state index contributed by atoms with van der Waals surface area (Å²) >= 11 is 0. The molecule has 0 amide bonds. The normalized spacial score (nSPS) is 55.3. The molecule has 19 heavy (non-hydrogen) atoms. The molecule has 3 nitrogen and oxygen atoms in total. The largest absolute Gasteiger partial charge is 0.461 e. The minimum Gasteiger partial charge on any atom is -0.461 e. The Morgan fingerprint density at radius 2 is 2.16 bits per heavy atom. The maximum atomic E-state index is 12.4. The summed E-state index contributed by atoms with van der Waals surface area (Å²) in [6, 6.07) is 0.0252. The third-order valence-corrected chi connectivity index (χ3v) is 7.35. The molecule has 3 saturated carbocycles. The zero-order valence-electron chi connectivity index (χ0n) is 12.3. The molecular formula is C16H25NO2. The number of carbonyl (C=O) groups excluding carboxylic acids is 1. The van der Waals surface area contributed by atoms with Crippen molar-refractivity contribution in [2.45, 2.75) is 58.1 Å². The van der Waals surface area contributed by atoms with Crippen LogP contribution in [-0.2, 0) is 9.53 Å². The number of rotatable bonds is 2. The monoisotopic (exact) mass is 263 g/mol. The summed E-state index contributed by atoms with van der Waals surface area (Å²) in [5.41, 5.74) is 0.849. The summed E-state index contributed by atoms with van der Waals surface area (Å²) in [7, 11) is 2.04. The first-order valence-electron chi connectivity index (χ1n) is 7.92. The van der Waals surface area contributed by atoms with Gasteiger partial charge in [0.1, 0.15) is 12.1 Å². The van der Waals surface area contributed by atoms with Crippen LogP contribution in [0.5, 0.6) is 0 Å². The van der Waals surface area contributed by atoms with E-state index in [1.54, 1.807) is 0 Å². The molecule has 4 fully saturated rings. The topological polar surface area (TPSA) is 29.5 Å². The summed E-state index contributed by atoms with van der Waals surface area (Å²) in [6.45, 7) is 5.82. The maximum Gasteiger partial charge on any atom is 0.323 e. The average molecular weight is 263 g/mol. The number of hydrogen-bond donors (Lipinski definition) is 0. The summed E-state index contributed by atoms with van der Waals surface area (Å²) in [4.78, 5) is 14.5. The SMILES string of the molecule is CC1C2(C)CCC3CC(OC(=O)C4CCCN4C)C312. The lowest BCUT2D eigenvalue weighted by Crippen LogP contribution is -2.49. The molecule has 1 saturated heterocycles. The molecule has 1 heterocycles. The number of nitrogens with zero attached hydrogens (tertiary/aromatic N) is 1. The lowest BCUT2D eigenvalue weighted by molar-refractivity contribution is -0.173. The van der Waals surface area contributed by atoms with Crippen LogP contribution in [0.3, 0.4) is 0 Å². The highest BCUT2D eigenvalue weighted by Crippen LogP contribution is 2.86. The molecule has 4 rings (SSSR count). The molecule has 0 aromatic rings. The van der Waals surface area contributed by atoms with Gasteiger partial charge in [0.05, 0.1) is 0 Å². The molecule has 0 aromatic carbocycles. The van der Waals surface area contributed by atoms with Crippen molar-refractivity contribution >= 4 is 5.97 Å². The molecule has 6 unspecified atom stereocenters. The van der Waals surface area contributed by atoms with Gasteiger partial charge in [-0.05, 0) is 62.9 Å². The molecule has 0 bridgehead atoms. The van der Waals surface area contributed by atoms with Crippen LogP contribution >= 0.6 is 0 Å². The van der Waals surface area contributed by atoms with Gasteiger partial charge in [0.15, 0.2) is 0 Å². The van der Waals surface area contributed by atoms with Crippen LogP contribution in [0.4, 0.5) is 0 Å². The Kier molecular flexibility index (Phi) is 2.27. The van der Waals surface area contributed by atoms with E-state index in [4.69, 9.17) is 4.74 Å². The van der Waals surface area contributed by atoms with Crippen molar-refractivity contribution in [1.82, 2.24) is 4.90 Å². The number of carbonyl (C=O) groups is 1. The molecule has 106 valence electrons. The van der Waals surface area contributed by atoms with E-state index in [1.165, 1.54) is 12.8 Å². The van der Waals surface area contributed by atoms with Gasteiger partial charge in [-0.25, -0.2) is 0 Å². The third-order valence-electron chi connectivity index (χ3n) is 7.35. The fraction of sp³-hybridized carbons (Fsp3) is 0.938. The molecule has 0 radical (unpaired) electrons. The summed E-state index contributed by atoms with van der Waals surface area (Å²) in [5, 5.41) is 0. The summed E-state index contributed by atoms with van der Waals surface area (Å²) in [5.74, 6) is 1.64. The summed E-state index contributed by atoms with van der Waals surface area (Å²) < 4.78 is 5.95. The van der Waals surface area contributed by atoms with E-state index in [-0.39, 0.29) is 18.1 Å². The molecule has 3 aliphatic carbocycles. The highest BCUT2D eigenvalue weighted by Gasteiger charge is 2.85. The predicted molar refractivity (Wildman–Crippen MR) is 72.6 cm³/mol. The van der Waals surface area contributed by atoms with Crippen molar-refractivity contribution in [3.63, 3.8) is 0 Å². The second kappa shape index (κ2) is 3.55. The van der Waals surface area contributed by atoms with Crippen molar-refractivity contribution in [1.29, 1.82) is 0 Å². The van der Waals surface area contributed by atoms with Crippen molar-refractivity contribution in [3.05, 3.63) is 0 Å². The van der Waals surface area contributed by atoms with Gasteiger partial charge >= 0.3 is 5.97 Å². The molecular weight excluding hydrogens is 238 g/mol. The van der Waals surface area contributed by atoms with Crippen LogP contribution < -0.4 is 0 Å². The third kappa shape index (κ3) is 1.22. The fourth-order valence-corrected chi connectivity index (χ4v) is 6.04. The van der Waals surface area contributed by atoms with Gasteiger partial charge in [0.25, 0.3) is 0 Å². The fourth-order valence-electron chi connectivity index (χ4n) is 6.04. The van der Waals surface area contributed by atoms with Crippen LogP contribution in [0.15, 0.2) is 0 Å². The molecule has 1 aliphatic heterocycles. The number of hydrogen-bond acceptors (Lipinski definition) is 3. The van der Waals surface area contributed by atoms with Crippen molar-refractivity contribution < 1.29 is 9.53 Å². The van der Waals surface area contributed by atoms with Crippen LogP contribution in [0.25, 0.3) is 0 Å². The van der Waals surface area contributed by atoms with Gasteiger partial charge < -0.3 is 4.74 Å². The molecule has 0 N–H and O–H groups in total. The zero-order chi connectivity index (χ0) is 13.4. The van der Waals surface area contributed by atoms with Crippen molar-refractivity contribution in [2.75, 3.05) is 13.6 Å². The quantitative estimate of drug-likeness (QED) is 0.717. The molecule has 1 spiro atoms. The first-order chi connectivity index (χ1) is 9.01. The van der Waals surface area contributed by atoms with E-state index in [1.807, 2.05) is 7.05 Å². The highest BCUT2D eigenvalue weighted by atomic mass is 16.5. The van der Waals surface area contributed by atoms with Gasteiger partial charge in [0.2, 0.25) is 0 Å². The Hall–Kier alpha value is -0.570. The Morgan fingerprint density at radius 1 is 1.37 bits per heavy atom. The van der Waals surface area contributed by atoms with E-state index >= 15 is 0 Å². The zero-order valence-corrected chi connectivity index (χ0v) is 12.3. The maximum absolute atomic E-state index is 12.4.